The quantitative estimate of drug-likeness (QED) is 0.504. The number of hydrogen-bond acceptors (Lipinski definition) is 4. The van der Waals surface area contributed by atoms with E-state index in [1.165, 1.54) is 24.3 Å². The highest BCUT2D eigenvalue weighted by Crippen LogP contribution is 2.23. The lowest BCUT2D eigenvalue weighted by atomic mass is 10.3. The number of carbonyl (C=O) groups is 1. The Labute approximate surface area is 68.4 Å². The second-order valence-corrected chi connectivity index (χ2v) is 1.75. The maximum absolute atomic E-state index is 10.1. The first-order valence-electron chi connectivity index (χ1n) is 2.93. The van der Waals surface area contributed by atoms with E-state index in [4.69, 9.17) is 9.90 Å². The average molecular weight is 169 g/mol. The summed E-state index contributed by atoms with van der Waals surface area (Å²) in [6, 6.07) is 5.55. The van der Waals surface area contributed by atoms with Crippen molar-refractivity contribution in [2.24, 2.45) is 0 Å². The van der Waals surface area contributed by atoms with E-state index in [2.05, 4.69) is 0 Å². The van der Waals surface area contributed by atoms with Crippen molar-refractivity contribution in [3.05, 3.63) is 34.4 Å². The van der Waals surface area contributed by atoms with Crippen LogP contribution in [0.4, 0.5) is 5.69 Å². The molecular weight excluding hydrogens is 162 g/mol. The number of phenols is 1. The van der Waals surface area contributed by atoms with Crippen LogP contribution in [-0.2, 0) is 4.79 Å². The van der Waals surface area contributed by atoms with Crippen LogP contribution in [-0.4, -0.2) is 16.8 Å². The van der Waals surface area contributed by atoms with Crippen LogP contribution in [0.2, 0.25) is 0 Å². The molecule has 0 bridgehead atoms. The zero-order chi connectivity index (χ0) is 9.56. The Balaban J connectivity index is 0.000000561. The average Bonchev–Trinajstić information content (AvgIpc) is 2.08. The molecule has 0 aliphatic rings. The third-order valence-corrected chi connectivity index (χ3v) is 1.08. The molecule has 0 aliphatic heterocycles. The number of para-hydroxylation sites is 2. The normalized spacial score (nSPS) is 8.00. The van der Waals surface area contributed by atoms with Crippen molar-refractivity contribution < 1.29 is 14.8 Å². The van der Waals surface area contributed by atoms with Crippen LogP contribution >= 0.6 is 0 Å². The van der Waals surface area contributed by atoms with E-state index in [-0.39, 0.29) is 11.4 Å². The van der Waals surface area contributed by atoms with Crippen molar-refractivity contribution >= 4 is 12.5 Å². The molecule has 1 N–H and O–H groups in total. The molecular formula is C7H7NO4. The molecule has 0 radical (unpaired) electrons. The highest BCUT2D eigenvalue weighted by Gasteiger charge is 2.09. The lowest BCUT2D eigenvalue weighted by Crippen LogP contribution is -1.86. The van der Waals surface area contributed by atoms with Crippen molar-refractivity contribution in [1.82, 2.24) is 0 Å². The van der Waals surface area contributed by atoms with E-state index in [1.54, 1.807) is 0 Å². The molecule has 0 aliphatic carbocycles. The van der Waals surface area contributed by atoms with Crippen LogP contribution in [0.1, 0.15) is 0 Å². The van der Waals surface area contributed by atoms with Crippen molar-refractivity contribution in [1.29, 1.82) is 0 Å². The van der Waals surface area contributed by atoms with Crippen molar-refractivity contribution in [2.75, 3.05) is 0 Å². The van der Waals surface area contributed by atoms with Gasteiger partial charge in [-0.05, 0) is 6.07 Å². The summed E-state index contributed by atoms with van der Waals surface area (Å²) in [5.41, 5.74) is -0.262. The van der Waals surface area contributed by atoms with Gasteiger partial charge in [0, 0.05) is 6.07 Å². The van der Waals surface area contributed by atoms with E-state index in [0.29, 0.717) is 0 Å². The summed E-state index contributed by atoms with van der Waals surface area (Å²) in [5.74, 6) is -0.299. The molecule has 0 unspecified atom stereocenters. The molecule has 1 aromatic carbocycles. The van der Waals surface area contributed by atoms with Gasteiger partial charge in [-0.1, -0.05) is 12.1 Å². The van der Waals surface area contributed by atoms with Gasteiger partial charge in [0.1, 0.15) is 6.79 Å². The van der Waals surface area contributed by atoms with Gasteiger partial charge >= 0.3 is 5.69 Å². The topological polar surface area (TPSA) is 80.4 Å². The van der Waals surface area contributed by atoms with Gasteiger partial charge < -0.3 is 9.90 Å². The Morgan fingerprint density at radius 3 is 2.17 bits per heavy atom. The van der Waals surface area contributed by atoms with Crippen LogP contribution < -0.4 is 0 Å². The molecule has 1 aromatic rings. The number of hydrogen-bond donors (Lipinski definition) is 1. The number of nitrogens with zero attached hydrogens (tertiary/aromatic N) is 1. The van der Waals surface area contributed by atoms with E-state index < -0.39 is 4.92 Å². The first kappa shape index (κ1) is 10.1. The highest BCUT2D eigenvalue weighted by atomic mass is 16.6. The molecule has 0 atom stereocenters. The third-order valence-electron chi connectivity index (χ3n) is 1.08. The van der Waals surface area contributed by atoms with Crippen LogP contribution in [0, 0.1) is 10.1 Å². The maximum atomic E-state index is 10.1. The number of nitro benzene ring substituents is 1. The van der Waals surface area contributed by atoms with Gasteiger partial charge in [0.25, 0.3) is 0 Å². The van der Waals surface area contributed by atoms with Gasteiger partial charge in [0.2, 0.25) is 0 Å². The van der Waals surface area contributed by atoms with Gasteiger partial charge in [-0.25, -0.2) is 0 Å². The molecule has 5 heteroatoms. The zero-order valence-electron chi connectivity index (χ0n) is 6.14. The van der Waals surface area contributed by atoms with Crippen LogP contribution in [0.5, 0.6) is 5.75 Å². The first-order valence-corrected chi connectivity index (χ1v) is 2.93. The molecule has 1 rings (SSSR count). The first-order chi connectivity index (χ1) is 5.72. The Morgan fingerprint density at radius 1 is 1.33 bits per heavy atom. The van der Waals surface area contributed by atoms with Crippen molar-refractivity contribution in [2.45, 2.75) is 0 Å². The zero-order valence-corrected chi connectivity index (χ0v) is 6.14. The summed E-state index contributed by atoms with van der Waals surface area (Å²) in [4.78, 5) is 17.4. The van der Waals surface area contributed by atoms with Gasteiger partial charge in [-0.3, -0.25) is 10.1 Å². The van der Waals surface area contributed by atoms with Crippen molar-refractivity contribution in [3.8, 4) is 5.75 Å². The molecule has 12 heavy (non-hydrogen) atoms. The molecule has 0 saturated carbocycles. The minimum absolute atomic E-state index is 0.262. The molecule has 0 spiro atoms. The van der Waals surface area contributed by atoms with Gasteiger partial charge in [0.15, 0.2) is 5.75 Å². The minimum Gasteiger partial charge on any atom is -0.502 e. The molecule has 0 saturated heterocycles. The fourth-order valence-corrected chi connectivity index (χ4v) is 0.619. The lowest BCUT2D eigenvalue weighted by molar-refractivity contribution is -0.385. The monoisotopic (exact) mass is 169 g/mol. The van der Waals surface area contributed by atoms with E-state index in [0.717, 1.165) is 0 Å². The van der Waals surface area contributed by atoms with Gasteiger partial charge in [-0.2, -0.15) is 0 Å². The lowest BCUT2D eigenvalue weighted by Gasteiger charge is -1.91. The standard InChI is InChI=1S/C6H5NO3.CH2O/c8-6-4-2-1-3-5(6)7(9)10;1-2/h1-4,8H;1H2. The van der Waals surface area contributed by atoms with E-state index in [9.17, 15) is 10.1 Å². The number of benzene rings is 1. The third kappa shape index (κ3) is 2.37. The summed E-state index contributed by atoms with van der Waals surface area (Å²) in [6.07, 6.45) is 0. The predicted octanol–water partition coefficient (Wildman–Crippen LogP) is 1.12. The molecule has 0 fully saturated rings. The van der Waals surface area contributed by atoms with Crippen molar-refractivity contribution in [3.63, 3.8) is 0 Å². The van der Waals surface area contributed by atoms with Gasteiger partial charge in [0.05, 0.1) is 4.92 Å². The summed E-state index contributed by atoms with van der Waals surface area (Å²) in [6.45, 7) is 2.00. The number of phenolic OH excluding ortho intramolecular Hbond substituents is 1. The Bertz CT molecular complexity index is 274. The van der Waals surface area contributed by atoms with E-state index in [1.807, 2.05) is 6.79 Å². The molecule has 0 aromatic heterocycles. The predicted molar refractivity (Wildman–Crippen MR) is 41.9 cm³/mol. The number of aromatic hydroxyl groups is 1. The number of carbonyl (C=O) groups excluding carboxylic acids is 1. The molecule has 0 amide bonds. The molecule has 0 heterocycles. The number of rotatable bonds is 1. The summed E-state index contributed by atoms with van der Waals surface area (Å²) in [5, 5.41) is 18.9. The number of nitro groups is 1. The smallest absolute Gasteiger partial charge is 0.310 e. The SMILES string of the molecule is C=O.O=[N+]([O-])c1ccccc1O. The fourth-order valence-electron chi connectivity index (χ4n) is 0.619. The van der Waals surface area contributed by atoms with Crippen LogP contribution in [0.25, 0.3) is 0 Å². The summed E-state index contributed by atoms with van der Waals surface area (Å²) >= 11 is 0. The van der Waals surface area contributed by atoms with Crippen LogP contribution in [0.3, 0.4) is 0 Å². The molecule has 64 valence electrons. The molecule has 5 nitrogen and oxygen atoms in total. The Hall–Kier alpha value is -1.91. The second kappa shape index (κ2) is 4.84. The highest BCUT2D eigenvalue weighted by molar-refractivity contribution is 5.44. The second-order valence-electron chi connectivity index (χ2n) is 1.75. The fraction of sp³-hybridized carbons (Fsp3) is 0. The maximum Gasteiger partial charge on any atom is 0.310 e. The van der Waals surface area contributed by atoms with Gasteiger partial charge in [-0.15, -0.1) is 0 Å². The van der Waals surface area contributed by atoms with E-state index >= 15 is 0 Å². The summed E-state index contributed by atoms with van der Waals surface area (Å²) < 4.78 is 0. The minimum atomic E-state index is -0.630. The Kier molecular flexibility index (Phi) is 4.07. The Morgan fingerprint density at radius 2 is 1.83 bits per heavy atom. The van der Waals surface area contributed by atoms with Crippen LogP contribution in [0.15, 0.2) is 24.3 Å². The summed E-state index contributed by atoms with van der Waals surface area (Å²) in [7, 11) is 0. The largest absolute Gasteiger partial charge is 0.502 e.